The number of nitrogens with zero attached hydrogens (tertiary/aromatic N) is 2. The van der Waals surface area contributed by atoms with Crippen LogP contribution in [-0.2, 0) is 22.4 Å². The molecule has 2 aliphatic heterocycles. The Morgan fingerprint density at radius 1 is 1.00 bits per heavy atom. The van der Waals surface area contributed by atoms with Crippen molar-refractivity contribution < 1.29 is 9.59 Å². The van der Waals surface area contributed by atoms with Crippen LogP contribution in [0.1, 0.15) is 42.1 Å². The van der Waals surface area contributed by atoms with E-state index >= 15 is 0 Å². The summed E-state index contributed by atoms with van der Waals surface area (Å²) in [7, 11) is 0. The third-order valence-electron chi connectivity index (χ3n) is 6.76. The van der Waals surface area contributed by atoms with Gasteiger partial charge in [-0.3, -0.25) is 19.0 Å². The fraction of sp³-hybridized carbons (Fsp3) is 0.435. The normalized spacial score (nSPS) is 25.3. The molecule has 0 saturated carbocycles. The number of benzene rings is 1. The highest BCUT2D eigenvalue weighted by Crippen LogP contribution is 2.41. The van der Waals surface area contributed by atoms with Gasteiger partial charge in [0.05, 0.1) is 0 Å². The molecular formula is C23H25N3O3. The third-order valence-corrected chi connectivity index (χ3v) is 6.76. The van der Waals surface area contributed by atoms with Crippen LogP contribution in [0.5, 0.6) is 0 Å². The maximum Gasteiger partial charge on any atom is 0.251 e. The van der Waals surface area contributed by atoms with Gasteiger partial charge in [0.2, 0.25) is 11.8 Å². The van der Waals surface area contributed by atoms with Crippen LogP contribution in [0.2, 0.25) is 0 Å². The summed E-state index contributed by atoms with van der Waals surface area (Å²) in [4.78, 5) is 40.0. The first kappa shape index (κ1) is 18.2. The van der Waals surface area contributed by atoms with E-state index in [1.165, 1.54) is 17.2 Å². The highest BCUT2D eigenvalue weighted by molar-refractivity contribution is 5.82. The Kier molecular flexibility index (Phi) is 4.30. The average molecular weight is 391 g/mol. The Labute approximate surface area is 169 Å². The Morgan fingerprint density at radius 2 is 1.72 bits per heavy atom. The Balaban J connectivity index is 1.45. The molecule has 1 fully saturated rings. The number of likely N-dealkylation sites (tertiary alicyclic amines) is 1. The van der Waals surface area contributed by atoms with E-state index in [-0.39, 0.29) is 35.3 Å². The molecule has 6 heteroatoms. The first-order valence-corrected chi connectivity index (χ1v) is 10.4. The number of hydrogen-bond acceptors (Lipinski definition) is 3. The van der Waals surface area contributed by atoms with E-state index < -0.39 is 6.04 Å². The first-order chi connectivity index (χ1) is 14.0. The number of amides is 2. The lowest BCUT2D eigenvalue weighted by Gasteiger charge is -2.46. The number of piperidine rings is 1. The lowest BCUT2D eigenvalue weighted by Crippen LogP contribution is -2.55. The molecule has 1 aliphatic carbocycles. The lowest BCUT2D eigenvalue weighted by atomic mass is 9.78. The lowest BCUT2D eigenvalue weighted by molar-refractivity contribution is -0.135. The van der Waals surface area contributed by atoms with E-state index in [0.717, 1.165) is 25.0 Å². The van der Waals surface area contributed by atoms with Gasteiger partial charge in [0.25, 0.3) is 5.56 Å². The molecule has 5 rings (SSSR count). The number of nitrogens with one attached hydrogen (secondary N) is 1. The van der Waals surface area contributed by atoms with Crippen molar-refractivity contribution in [2.24, 2.45) is 5.92 Å². The quantitative estimate of drug-likeness (QED) is 0.846. The summed E-state index contributed by atoms with van der Waals surface area (Å²) in [6.07, 6.45) is 2.46. The number of aromatic nitrogens is 1. The molecule has 0 unspecified atom stereocenters. The van der Waals surface area contributed by atoms with Crippen LogP contribution in [0.4, 0.5) is 0 Å². The predicted octanol–water partition coefficient (Wildman–Crippen LogP) is 1.64. The fourth-order valence-electron chi connectivity index (χ4n) is 5.48. The SMILES string of the molecule is CC(=O)N1C[C@H]2C[C@@H](C1)[C@H](C(=O)NC1Cc3ccccc3C1)n1c2cccc1=O. The van der Waals surface area contributed by atoms with Gasteiger partial charge in [0.1, 0.15) is 6.04 Å². The minimum Gasteiger partial charge on any atom is -0.351 e. The van der Waals surface area contributed by atoms with Crippen LogP contribution < -0.4 is 10.9 Å². The summed E-state index contributed by atoms with van der Waals surface area (Å²) in [6.45, 7) is 2.71. The van der Waals surface area contributed by atoms with Gasteiger partial charge >= 0.3 is 0 Å². The van der Waals surface area contributed by atoms with E-state index in [1.807, 2.05) is 23.1 Å². The van der Waals surface area contributed by atoms with Gasteiger partial charge in [-0.05, 0) is 36.5 Å². The van der Waals surface area contributed by atoms with Gasteiger partial charge in [-0.1, -0.05) is 30.3 Å². The van der Waals surface area contributed by atoms with Gasteiger partial charge in [0, 0.05) is 49.7 Å². The predicted molar refractivity (Wildman–Crippen MR) is 109 cm³/mol. The van der Waals surface area contributed by atoms with E-state index in [4.69, 9.17) is 0 Å². The van der Waals surface area contributed by atoms with Crippen molar-refractivity contribution in [2.45, 2.75) is 44.2 Å². The van der Waals surface area contributed by atoms with Crippen molar-refractivity contribution in [1.29, 1.82) is 0 Å². The molecule has 3 heterocycles. The summed E-state index contributed by atoms with van der Waals surface area (Å²) < 4.78 is 1.69. The second-order valence-corrected chi connectivity index (χ2v) is 8.60. The molecule has 2 aromatic rings. The molecule has 6 nitrogen and oxygen atoms in total. The number of pyridine rings is 1. The van der Waals surface area contributed by atoms with Crippen LogP contribution >= 0.6 is 0 Å². The molecule has 2 bridgehead atoms. The zero-order valence-electron chi connectivity index (χ0n) is 16.5. The van der Waals surface area contributed by atoms with E-state index in [2.05, 4.69) is 17.4 Å². The number of hydrogen-bond donors (Lipinski definition) is 1. The maximum atomic E-state index is 13.4. The van der Waals surface area contributed by atoms with Gasteiger partial charge in [-0.25, -0.2) is 0 Å². The van der Waals surface area contributed by atoms with Crippen molar-refractivity contribution in [2.75, 3.05) is 13.1 Å². The van der Waals surface area contributed by atoms with Crippen LogP contribution in [0.25, 0.3) is 0 Å². The molecular weight excluding hydrogens is 366 g/mol. The van der Waals surface area contributed by atoms with Crippen molar-refractivity contribution in [1.82, 2.24) is 14.8 Å². The van der Waals surface area contributed by atoms with Crippen LogP contribution in [-0.4, -0.2) is 40.4 Å². The molecule has 3 aliphatic rings. The molecule has 29 heavy (non-hydrogen) atoms. The molecule has 0 radical (unpaired) electrons. The smallest absolute Gasteiger partial charge is 0.251 e. The summed E-state index contributed by atoms with van der Waals surface area (Å²) >= 11 is 0. The minimum absolute atomic E-state index is 0.0248. The Morgan fingerprint density at radius 3 is 2.41 bits per heavy atom. The molecule has 2 amide bonds. The summed E-state index contributed by atoms with van der Waals surface area (Å²) in [5.74, 6) is -0.0246. The third kappa shape index (κ3) is 3.07. The second-order valence-electron chi connectivity index (χ2n) is 8.60. The number of fused-ring (bicyclic) bond motifs is 5. The summed E-state index contributed by atoms with van der Waals surface area (Å²) in [5.41, 5.74) is 3.29. The van der Waals surface area contributed by atoms with Crippen molar-refractivity contribution >= 4 is 11.8 Å². The van der Waals surface area contributed by atoms with Crippen LogP contribution in [0.15, 0.2) is 47.3 Å². The minimum atomic E-state index is -0.569. The Hall–Kier alpha value is -2.89. The first-order valence-electron chi connectivity index (χ1n) is 10.4. The topological polar surface area (TPSA) is 71.4 Å². The summed E-state index contributed by atoms with van der Waals surface area (Å²) in [5, 5.41) is 3.21. The second kappa shape index (κ2) is 6.87. The summed E-state index contributed by atoms with van der Waals surface area (Å²) in [6, 6.07) is 13.0. The molecule has 150 valence electrons. The largest absolute Gasteiger partial charge is 0.351 e. The van der Waals surface area contributed by atoms with Crippen molar-refractivity contribution in [3.05, 3.63) is 69.6 Å². The molecule has 0 spiro atoms. The number of carbonyl (C=O) groups is 2. The molecule has 1 aromatic carbocycles. The van der Waals surface area contributed by atoms with Gasteiger partial charge in [-0.15, -0.1) is 0 Å². The highest BCUT2D eigenvalue weighted by atomic mass is 16.2. The van der Waals surface area contributed by atoms with E-state index in [0.29, 0.717) is 13.1 Å². The molecule has 1 aromatic heterocycles. The highest BCUT2D eigenvalue weighted by Gasteiger charge is 2.44. The van der Waals surface area contributed by atoms with Gasteiger partial charge < -0.3 is 10.2 Å². The molecule has 3 atom stereocenters. The fourth-order valence-corrected chi connectivity index (χ4v) is 5.48. The number of rotatable bonds is 2. The average Bonchev–Trinajstić information content (AvgIpc) is 3.10. The van der Waals surface area contributed by atoms with Crippen LogP contribution in [0, 0.1) is 5.92 Å². The van der Waals surface area contributed by atoms with E-state index in [1.54, 1.807) is 17.6 Å². The van der Waals surface area contributed by atoms with E-state index in [9.17, 15) is 14.4 Å². The van der Waals surface area contributed by atoms with Crippen molar-refractivity contribution in [3.8, 4) is 0 Å². The van der Waals surface area contributed by atoms with Gasteiger partial charge in [0.15, 0.2) is 0 Å². The standard InChI is InChI=1S/C23H25N3O3/c1-14(27)25-12-17-9-18(13-25)22(26-20(17)7-4-8-21(26)28)23(29)24-19-10-15-5-2-3-6-16(15)11-19/h2-8,17-19,22H,9-13H2,1H3,(H,24,29)/t17-,18+,22-/m1/s1. The number of carbonyl (C=O) groups excluding carboxylic acids is 2. The Bertz CT molecular complexity index is 1020. The molecule has 1 saturated heterocycles. The zero-order chi connectivity index (χ0) is 20.1. The van der Waals surface area contributed by atoms with Crippen molar-refractivity contribution in [3.63, 3.8) is 0 Å². The monoisotopic (exact) mass is 391 g/mol. The van der Waals surface area contributed by atoms with Crippen LogP contribution in [0.3, 0.4) is 0 Å². The zero-order valence-corrected chi connectivity index (χ0v) is 16.5. The molecule has 1 N–H and O–H groups in total. The maximum absolute atomic E-state index is 13.4. The van der Waals surface area contributed by atoms with Gasteiger partial charge in [-0.2, -0.15) is 0 Å².